The van der Waals surface area contributed by atoms with Crippen molar-refractivity contribution in [1.82, 2.24) is 0 Å². The molecule has 3 rings (SSSR count). The number of hydrogen-bond acceptors (Lipinski definition) is 6. The Labute approximate surface area is 163 Å². The molecule has 7 nitrogen and oxygen atoms in total. The number of carbonyl (C=O) groups is 1. The quantitative estimate of drug-likeness (QED) is 0.556. The van der Waals surface area contributed by atoms with E-state index in [0.29, 0.717) is 55.1 Å². The lowest BCUT2D eigenvalue weighted by molar-refractivity contribution is -0.111. The highest BCUT2D eigenvalue weighted by Crippen LogP contribution is 2.40. The van der Waals surface area contributed by atoms with Gasteiger partial charge in [0.2, 0.25) is 11.7 Å². The SMILES string of the molecule is COCCOc1ccc(NC(=O)/C=C/c2cc(OC)c3c(c2)OCCO3)cc1. The minimum atomic E-state index is -0.248. The maximum Gasteiger partial charge on any atom is 0.248 e. The summed E-state index contributed by atoms with van der Waals surface area (Å²) >= 11 is 0. The van der Waals surface area contributed by atoms with Gasteiger partial charge in [0.1, 0.15) is 25.6 Å². The molecule has 148 valence electrons. The van der Waals surface area contributed by atoms with Gasteiger partial charge in [-0.25, -0.2) is 0 Å². The molecule has 2 aromatic carbocycles. The number of ether oxygens (including phenoxy) is 5. The van der Waals surface area contributed by atoms with Crippen LogP contribution in [0.3, 0.4) is 0 Å². The van der Waals surface area contributed by atoms with Crippen molar-refractivity contribution < 1.29 is 28.5 Å². The number of benzene rings is 2. The standard InChI is InChI=1S/C21H23NO6/c1-24-9-10-26-17-6-4-16(5-7-17)22-20(23)8-3-15-13-18(25-2)21-19(14-15)27-11-12-28-21/h3-8,13-14H,9-12H2,1-2H3,(H,22,23)/b8-3+. The van der Waals surface area contributed by atoms with E-state index in [-0.39, 0.29) is 5.91 Å². The Morgan fingerprint density at radius 1 is 1.11 bits per heavy atom. The molecule has 0 fully saturated rings. The van der Waals surface area contributed by atoms with Crippen LogP contribution in [0.5, 0.6) is 23.0 Å². The molecule has 28 heavy (non-hydrogen) atoms. The highest BCUT2D eigenvalue weighted by atomic mass is 16.6. The lowest BCUT2D eigenvalue weighted by Gasteiger charge is -2.20. The number of carbonyl (C=O) groups excluding carboxylic acids is 1. The molecule has 1 aliphatic rings. The van der Waals surface area contributed by atoms with Crippen molar-refractivity contribution in [2.75, 3.05) is 46.0 Å². The van der Waals surface area contributed by atoms with E-state index in [9.17, 15) is 4.79 Å². The van der Waals surface area contributed by atoms with Gasteiger partial charge in [-0.3, -0.25) is 4.79 Å². The number of hydrogen-bond donors (Lipinski definition) is 1. The number of amides is 1. The Kier molecular flexibility index (Phi) is 6.75. The lowest BCUT2D eigenvalue weighted by atomic mass is 10.1. The summed E-state index contributed by atoms with van der Waals surface area (Å²) in [5, 5.41) is 2.80. The van der Waals surface area contributed by atoms with Crippen LogP contribution >= 0.6 is 0 Å². The summed E-state index contributed by atoms with van der Waals surface area (Å²) in [5.74, 6) is 2.23. The van der Waals surface area contributed by atoms with E-state index in [1.54, 1.807) is 50.6 Å². The van der Waals surface area contributed by atoms with Crippen molar-refractivity contribution in [2.24, 2.45) is 0 Å². The first-order chi connectivity index (χ1) is 13.7. The highest BCUT2D eigenvalue weighted by molar-refractivity contribution is 6.02. The van der Waals surface area contributed by atoms with Crippen molar-refractivity contribution in [2.45, 2.75) is 0 Å². The van der Waals surface area contributed by atoms with Crippen molar-refractivity contribution >= 4 is 17.7 Å². The van der Waals surface area contributed by atoms with Crippen LogP contribution in [0.2, 0.25) is 0 Å². The minimum absolute atomic E-state index is 0.248. The van der Waals surface area contributed by atoms with E-state index in [1.165, 1.54) is 6.08 Å². The number of nitrogens with one attached hydrogen (secondary N) is 1. The van der Waals surface area contributed by atoms with E-state index >= 15 is 0 Å². The van der Waals surface area contributed by atoms with E-state index in [2.05, 4.69) is 5.32 Å². The fourth-order valence-corrected chi connectivity index (χ4v) is 2.62. The molecule has 1 aliphatic heterocycles. The first-order valence-corrected chi connectivity index (χ1v) is 8.88. The van der Waals surface area contributed by atoms with Crippen molar-refractivity contribution in [3.63, 3.8) is 0 Å². The van der Waals surface area contributed by atoms with Gasteiger partial charge in [-0.05, 0) is 48.0 Å². The molecule has 0 saturated carbocycles. The molecule has 0 bridgehead atoms. The molecule has 0 saturated heterocycles. The number of methoxy groups -OCH3 is 2. The molecule has 7 heteroatoms. The topological polar surface area (TPSA) is 75.3 Å². The van der Waals surface area contributed by atoms with Gasteiger partial charge in [0.05, 0.1) is 13.7 Å². The fraction of sp³-hybridized carbons (Fsp3) is 0.286. The molecule has 0 atom stereocenters. The van der Waals surface area contributed by atoms with Crippen LogP contribution in [0.15, 0.2) is 42.5 Å². The third-order valence-corrected chi connectivity index (χ3v) is 3.96. The second kappa shape index (κ2) is 9.66. The van der Waals surface area contributed by atoms with Gasteiger partial charge >= 0.3 is 0 Å². The van der Waals surface area contributed by atoms with Crippen LogP contribution in [-0.2, 0) is 9.53 Å². The van der Waals surface area contributed by atoms with E-state index in [4.69, 9.17) is 23.7 Å². The summed E-state index contributed by atoms with van der Waals surface area (Å²) < 4.78 is 26.9. The van der Waals surface area contributed by atoms with Gasteiger partial charge in [0, 0.05) is 18.9 Å². The zero-order valence-electron chi connectivity index (χ0n) is 15.9. The van der Waals surface area contributed by atoms with Crippen LogP contribution in [0.25, 0.3) is 6.08 Å². The van der Waals surface area contributed by atoms with Crippen LogP contribution in [-0.4, -0.2) is 46.6 Å². The molecule has 2 aromatic rings. The smallest absolute Gasteiger partial charge is 0.248 e. The van der Waals surface area contributed by atoms with Gasteiger partial charge in [-0.15, -0.1) is 0 Å². The van der Waals surface area contributed by atoms with E-state index in [1.807, 2.05) is 6.07 Å². The van der Waals surface area contributed by atoms with Gasteiger partial charge in [-0.1, -0.05) is 0 Å². The molecule has 0 radical (unpaired) electrons. The summed E-state index contributed by atoms with van der Waals surface area (Å²) in [6.45, 7) is 1.96. The maximum absolute atomic E-state index is 12.2. The average Bonchev–Trinajstić information content (AvgIpc) is 2.73. The first-order valence-electron chi connectivity index (χ1n) is 8.88. The lowest BCUT2D eigenvalue weighted by Crippen LogP contribution is -2.16. The number of rotatable bonds is 8. The molecular formula is C21H23NO6. The van der Waals surface area contributed by atoms with Crippen LogP contribution in [0, 0.1) is 0 Å². The Hall–Kier alpha value is -3.19. The molecule has 0 aliphatic carbocycles. The van der Waals surface area contributed by atoms with Crippen molar-refractivity contribution in [1.29, 1.82) is 0 Å². The molecular weight excluding hydrogens is 362 g/mol. The minimum Gasteiger partial charge on any atom is -0.493 e. The number of anilines is 1. The fourth-order valence-electron chi connectivity index (χ4n) is 2.62. The van der Waals surface area contributed by atoms with Gasteiger partial charge in [0.15, 0.2) is 11.5 Å². The average molecular weight is 385 g/mol. The third-order valence-electron chi connectivity index (χ3n) is 3.96. The normalized spacial score (nSPS) is 12.6. The molecule has 0 unspecified atom stereocenters. The summed E-state index contributed by atoms with van der Waals surface area (Å²) in [7, 11) is 3.19. The van der Waals surface area contributed by atoms with Crippen LogP contribution < -0.4 is 24.3 Å². The zero-order chi connectivity index (χ0) is 19.8. The Balaban J connectivity index is 1.61. The van der Waals surface area contributed by atoms with Gasteiger partial charge in [0.25, 0.3) is 0 Å². The van der Waals surface area contributed by atoms with Gasteiger partial charge < -0.3 is 29.0 Å². The predicted octanol–water partition coefficient (Wildman–Crippen LogP) is 3.14. The van der Waals surface area contributed by atoms with Gasteiger partial charge in [-0.2, -0.15) is 0 Å². The molecule has 0 spiro atoms. The summed E-state index contributed by atoms with van der Waals surface area (Å²) in [5.41, 5.74) is 1.45. The second-order valence-corrected chi connectivity index (χ2v) is 5.94. The molecule has 0 aromatic heterocycles. The highest BCUT2D eigenvalue weighted by Gasteiger charge is 2.17. The van der Waals surface area contributed by atoms with Crippen molar-refractivity contribution in [3.8, 4) is 23.0 Å². The molecule has 1 amide bonds. The second-order valence-electron chi connectivity index (χ2n) is 5.94. The van der Waals surface area contributed by atoms with E-state index < -0.39 is 0 Å². The molecule has 1 heterocycles. The zero-order valence-corrected chi connectivity index (χ0v) is 15.9. The monoisotopic (exact) mass is 385 g/mol. The Bertz CT molecular complexity index is 814. The van der Waals surface area contributed by atoms with Crippen molar-refractivity contribution in [3.05, 3.63) is 48.0 Å². The number of fused-ring (bicyclic) bond motifs is 1. The largest absolute Gasteiger partial charge is 0.493 e. The summed E-state index contributed by atoms with van der Waals surface area (Å²) in [6.07, 6.45) is 3.15. The predicted molar refractivity (Wildman–Crippen MR) is 105 cm³/mol. The Morgan fingerprint density at radius 3 is 2.64 bits per heavy atom. The van der Waals surface area contributed by atoms with Crippen LogP contribution in [0.4, 0.5) is 5.69 Å². The summed E-state index contributed by atoms with van der Waals surface area (Å²) in [6, 6.07) is 10.7. The Morgan fingerprint density at radius 2 is 1.89 bits per heavy atom. The first kappa shape index (κ1) is 19.6. The van der Waals surface area contributed by atoms with Crippen LogP contribution in [0.1, 0.15) is 5.56 Å². The maximum atomic E-state index is 12.2. The van der Waals surface area contributed by atoms with E-state index in [0.717, 1.165) is 5.56 Å². The third kappa shape index (κ3) is 5.17. The molecule has 1 N–H and O–H groups in total. The summed E-state index contributed by atoms with van der Waals surface area (Å²) in [4.78, 5) is 12.2.